The van der Waals surface area contributed by atoms with Crippen LogP contribution in [0.2, 0.25) is 0 Å². The van der Waals surface area contributed by atoms with Crippen LogP contribution in [0.1, 0.15) is 0 Å². The summed E-state index contributed by atoms with van der Waals surface area (Å²) in [7, 11) is 0. The first kappa shape index (κ1) is 15.5. The van der Waals surface area contributed by atoms with Crippen LogP contribution in [-0.2, 0) is 0 Å². The van der Waals surface area contributed by atoms with Crippen LogP contribution in [0, 0.1) is 0 Å². The van der Waals surface area contributed by atoms with Gasteiger partial charge in [0.2, 0.25) is 0 Å². The summed E-state index contributed by atoms with van der Waals surface area (Å²) < 4.78 is 0. The predicted molar refractivity (Wildman–Crippen MR) is 92.6 cm³/mol. The maximum Gasteiger partial charge on any atom is 0.138 e. The van der Waals surface area contributed by atoms with Gasteiger partial charge in [-0.3, -0.25) is 0 Å². The Hall–Kier alpha value is -2.88. The lowest BCUT2D eigenvalue weighted by Crippen LogP contribution is -1.99. The van der Waals surface area contributed by atoms with Crippen molar-refractivity contribution in [3.8, 4) is 22.6 Å². The third-order valence-electron chi connectivity index (χ3n) is 3.20. The van der Waals surface area contributed by atoms with Gasteiger partial charge in [-0.2, -0.15) is 0 Å². The molecule has 0 aliphatic rings. The number of benzene rings is 2. The van der Waals surface area contributed by atoms with Crippen LogP contribution >= 0.6 is 0 Å². The third kappa shape index (κ3) is 3.61. The van der Waals surface area contributed by atoms with E-state index in [4.69, 9.17) is 0 Å². The molecule has 4 heteroatoms. The zero-order valence-corrected chi connectivity index (χ0v) is 12.3. The lowest BCUT2D eigenvalue weighted by atomic mass is 10.0. The van der Waals surface area contributed by atoms with Crippen molar-refractivity contribution in [3.05, 3.63) is 61.7 Å². The molecule has 0 saturated carbocycles. The normalized spacial score (nSPS) is 10.0. The van der Waals surface area contributed by atoms with E-state index in [1.165, 1.54) is 0 Å². The molecule has 2 rings (SSSR count). The minimum atomic E-state index is 0.189. The molecule has 0 amide bonds. The van der Waals surface area contributed by atoms with Crippen LogP contribution < -0.4 is 10.6 Å². The number of hydrogen-bond donors (Lipinski definition) is 4. The van der Waals surface area contributed by atoms with Gasteiger partial charge in [0.1, 0.15) is 11.5 Å². The van der Waals surface area contributed by atoms with E-state index in [1.807, 2.05) is 24.3 Å². The molecule has 0 aliphatic heterocycles. The third-order valence-corrected chi connectivity index (χ3v) is 3.20. The van der Waals surface area contributed by atoms with Crippen molar-refractivity contribution in [2.75, 3.05) is 23.7 Å². The second-order valence-electron chi connectivity index (χ2n) is 4.80. The molecule has 0 radical (unpaired) electrons. The van der Waals surface area contributed by atoms with Gasteiger partial charge in [0.15, 0.2) is 0 Å². The van der Waals surface area contributed by atoms with E-state index < -0.39 is 0 Å². The van der Waals surface area contributed by atoms with Crippen molar-refractivity contribution in [1.29, 1.82) is 0 Å². The summed E-state index contributed by atoms with van der Waals surface area (Å²) in [5, 5.41) is 25.9. The van der Waals surface area contributed by atoms with Gasteiger partial charge in [-0.05, 0) is 35.4 Å². The fourth-order valence-corrected chi connectivity index (χ4v) is 2.08. The molecule has 2 aromatic carbocycles. The van der Waals surface area contributed by atoms with Crippen LogP contribution in [-0.4, -0.2) is 23.3 Å². The average molecular weight is 296 g/mol. The molecule has 0 aromatic heterocycles. The number of hydrogen-bond acceptors (Lipinski definition) is 4. The molecule has 22 heavy (non-hydrogen) atoms. The van der Waals surface area contributed by atoms with Gasteiger partial charge < -0.3 is 20.8 Å². The molecule has 114 valence electrons. The highest BCUT2D eigenvalue weighted by Gasteiger charge is 2.07. The Bertz CT molecular complexity index is 621. The second-order valence-corrected chi connectivity index (χ2v) is 4.80. The Balaban J connectivity index is 2.34. The minimum Gasteiger partial charge on any atom is -0.506 e. The topological polar surface area (TPSA) is 64.5 Å². The van der Waals surface area contributed by atoms with E-state index in [9.17, 15) is 10.2 Å². The fraction of sp³-hybridized carbons (Fsp3) is 0.111. The highest BCUT2D eigenvalue weighted by Crippen LogP contribution is 2.33. The SMILES string of the molecule is C=CCNc1cc(-c2ccc(O)c(NCC=C)c2)ccc1O. The van der Waals surface area contributed by atoms with E-state index in [0.29, 0.717) is 24.5 Å². The van der Waals surface area contributed by atoms with E-state index >= 15 is 0 Å². The van der Waals surface area contributed by atoms with Gasteiger partial charge in [0.05, 0.1) is 11.4 Å². The van der Waals surface area contributed by atoms with Crippen LogP contribution in [0.5, 0.6) is 11.5 Å². The van der Waals surface area contributed by atoms with Crippen LogP contribution in [0.15, 0.2) is 61.7 Å². The Kier molecular flexibility index (Phi) is 5.09. The Morgan fingerprint density at radius 3 is 1.55 bits per heavy atom. The number of anilines is 2. The largest absolute Gasteiger partial charge is 0.506 e. The van der Waals surface area contributed by atoms with Gasteiger partial charge in [0.25, 0.3) is 0 Å². The number of phenols is 2. The summed E-state index contributed by atoms with van der Waals surface area (Å²) in [6, 6.07) is 10.7. The fourth-order valence-electron chi connectivity index (χ4n) is 2.08. The summed E-state index contributed by atoms with van der Waals surface area (Å²) in [6.45, 7) is 8.43. The maximum atomic E-state index is 9.86. The number of nitrogens with one attached hydrogen (secondary N) is 2. The zero-order chi connectivity index (χ0) is 15.9. The first-order valence-corrected chi connectivity index (χ1v) is 7.01. The van der Waals surface area contributed by atoms with Crippen LogP contribution in [0.4, 0.5) is 11.4 Å². The quantitative estimate of drug-likeness (QED) is 0.461. The first-order chi connectivity index (χ1) is 10.7. The molecule has 2 aromatic rings. The van der Waals surface area contributed by atoms with Crippen molar-refractivity contribution >= 4 is 11.4 Å². The number of aromatic hydroxyl groups is 2. The average Bonchev–Trinajstić information content (AvgIpc) is 2.53. The van der Waals surface area contributed by atoms with Crippen molar-refractivity contribution < 1.29 is 10.2 Å². The number of phenolic OH excluding ortho intramolecular Hbond substituents is 2. The monoisotopic (exact) mass is 296 g/mol. The summed E-state index contributed by atoms with van der Waals surface area (Å²) >= 11 is 0. The van der Waals surface area contributed by atoms with Crippen molar-refractivity contribution in [2.45, 2.75) is 0 Å². The molecule has 0 spiro atoms. The Morgan fingerprint density at radius 2 is 1.18 bits per heavy atom. The van der Waals surface area contributed by atoms with E-state index in [2.05, 4.69) is 23.8 Å². The lowest BCUT2D eigenvalue weighted by Gasteiger charge is -2.12. The first-order valence-electron chi connectivity index (χ1n) is 7.01. The summed E-state index contributed by atoms with van der Waals surface area (Å²) in [5.41, 5.74) is 3.16. The summed E-state index contributed by atoms with van der Waals surface area (Å²) in [5.74, 6) is 0.378. The maximum absolute atomic E-state index is 9.86. The minimum absolute atomic E-state index is 0.189. The zero-order valence-electron chi connectivity index (χ0n) is 12.3. The highest BCUT2D eigenvalue weighted by molar-refractivity contribution is 5.76. The molecular weight excluding hydrogens is 276 g/mol. The molecule has 0 fully saturated rings. The molecule has 0 atom stereocenters. The van der Waals surface area contributed by atoms with Crippen molar-refractivity contribution in [3.63, 3.8) is 0 Å². The molecule has 4 N–H and O–H groups in total. The van der Waals surface area contributed by atoms with E-state index in [0.717, 1.165) is 11.1 Å². The van der Waals surface area contributed by atoms with Gasteiger partial charge in [-0.25, -0.2) is 0 Å². The molecular formula is C18H20N2O2. The summed E-state index contributed by atoms with van der Waals surface area (Å²) in [6.07, 6.45) is 3.45. The van der Waals surface area contributed by atoms with Crippen LogP contribution in [0.25, 0.3) is 11.1 Å². The molecule has 0 heterocycles. The second kappa shape index (κ2) is 7.22. The number of rotatable bonds is 7. The molecule has 0 bridgehead atoms. The Labute approximate surface area is 130 Å². The van der Waals surface area contributed by atoms with Gasteiger partial charge in [-0.15, -0.1) is 13.2 Å². The van der Waals surface area contributed by atoms with Gasteiger partial charge >= 0.3 is 0 Å². The van der Waals surface area contributed by atoms with Gasteiger partial charge in [-0.1, -0.05) is 24.3 Å². The summed E-state index contributed by atoms with van der Waals surface area (Å²) in [4.78, 5) is 0. The Morgan fingerprint density at radius 1 is 0.773 bits per heavy atom. The van der Waals surface area contributed by atoms with E-state index in [1.54, 1.807) is 24.3 Å². The highest BCUT2D eigenvalue weighted by atomic mass is 16.3. The van der Waals surface area contributed by atoms with Crippen molar-refractivity contribution in [1.82, 2.24) is 0 Å². The van der Waals surface area contributed by atoms with Gasteiger partial charge in [0, 0.05) is 13.1 Å². The van der Waals surface area contributed by atoms with Crippen molar-refractivity contribution in [2.24, 2.45) is 0 Å². The molecule has 0 aliphatic carbocycles. The smallest absolute Gasteiger partial charge is 0.138 e. The standard InChI is InChI=1S/C18H20N2O2/c1-3-9-19-15-11-13(5-7-17(15)21)14-6-8-18(22)16(12-14)20-10-4-2/h3-8,11-12,19-22H,1-2,9-10H2. The predicted octanol–water partition coefficient (Wildman–Crippen LogP) is 3.96. The molecule has 0 saturated heterocycles. The lowest BCUT2D eigenvalue weighted by molar-refractivity contribution is 0.476. The molecule has 0 unspecified atom stereocenters. The van der Waals surface area contributed by atoms with E-state index in [-0.39, 0.29) is 11.5 Å². The molecule has 4 nitrogen and oxygen atoms in total. The van der Waals surface area contributed by atoms with Crippen LogP contribution in [0.3, 0.4) is 0 Å².